The zero-order valence-electron chi connectivity index (χ0n) is 8.51. The van der Waals surface area contributed by atoms with E-state index in [1.807, 2.05) is 22.6 Å². The van der Waals surface area contributed by atoms with Gasteiger partial charge in [0.2, 0.25) is 0 Å². The second kappa shape index (κ2) is 5.15. The summed E-state index contributed by atoms with van der Waals surface area (Å²) in [7, 11) is 0. The molecule has 0 aliphatic heterocycles. The maximum Gasteiger partial charge on any atom is 0.389 e. The summed E-state index contributed by atoms with van der Waals surface area (Å²) in [6, 6.07) is 0. The molecule has 1 rings (SSSR count). The van der Waals surface area contributed by atoms with Crippen LogP contribution in [-0.4, -0.2) is 15.7 Å². The van der Waals surface area contributed by atoms with E-state index in [1.165, 1.54) is 10.8 Å². The van der Waals surface area contributed by atoms with Crippen molar-refractivity contribution >= 4 is 22.6 Å². The Labute approximate surface area is 104 Å². The smallest absolute Gasteiger partial charge is 0.296 e. The average Bonchev–Trinajstić information content (AvgIpc) is 2.16. The van der Waals surface area contributed by atoms with Crippen LogP contribution in [0.3, 0.4) is 0 Å². The lowest BCUT2D eigenvalue weighted by Crippen LogP contribution is -2.26. The fraction of sp³-hybridized carbons (Fsp3) is 0.556. The maximum absolute atomic E-state index is 11.9. The molecule has 0 atom stereocenters. The van der Waals surface area contributed by atoms with Crippen LogP contribution in [0.5, 0.6) is 0 Å². The quantitative estimate of drug-likeness (QED) is 0.789. The Bertz CT molecular complexity index is 428. The average molecular weight is 346 g/mol. The molecular formula is C9H10F3IN2O. The molecule has 1 aromatic heterocycles. The summed E-state index contributed by atoms with van der Waals surface area (Å²) >= 11 is 1.82. The molecule has 0 N–H and O–H groups in total. The van der Waals surface area contributed by atoms with Gasteiger partial charge in [-0.05, 0) is 35.9 Å². The summed E-state index contributed by atoms with van der Waals surface area (Å²) in [4.78, 5) is 15.5. The van der Waals surface area contributed by atoms with Crippen molar-refractivity contribution < 1.29 is 13.2 Å². The summed E-state index contributed by atoms with van der Waals surface area (Å²) in [5, 5.41) is 0. The predicted octanol–water partition coefficient (Wildman–Crippen LogP) is 2.50. The first-order valence-corrected chi connectivity index (χ1v) is 5.68. The largest absolute Gasteiger partial charge is 0.389 e. The number of nitrogens with zero attached hydrogens (tertiary/aromatic N) is 2. The molecule has 1 heterocycles. The minimum absolute atomic E-state index is 0.0496. The SMILES string of the molecule is Cc1ncc(I)c(=O)n1CCCC(F)(F)F. The van der Waals surface area contributed by atoms with Gasteiger partial charge in [-0.25, -0.2) is 4.98 Å². The fourth-order valence-corrected chi connectivity index (χ4v) is 1.68. The van der Waals surface area contributed by atoms with Gasteiger partial charge in [-0.2, -0.15) is 13.2 Å². The monoisotopic (exact) mass is 346 g/mol. The van der Waals surface area contributed by atoms with E-state index in [0.29, 0.717) is 9.39 Å². The van der Waals surface area contributed by atoms with Gasteiger partial charge in [-0.15, -0.1) is 0 Å². The number of halogens is 4. The first kappa shape index (κ1) is 13.5. The number of aromatic nitrogens is 2. The van der Waals surface area contributed by atoms with E-state index in [2.05, 4.69) is 4.98 Å². The topological polar surface area (TPSA) is 34.9 Å². The first-order chi connectivity index (χ1) is 7.31. The van der Waals surface area contributed by atoms with E-state index >= 15 is 0 Å². The summed E-state index contributed by atoms with van der Waals surface area (Å²) in [5.74, 6) is 0.438. The molecule has 90 valence electrons. The van der Waals surface area contributed by atoms with Crippen molar-refractivity contribution in [2.45, 2.75) is 32.5 Å². The summed E-state index contributed by atoms with van der Waals surface area (Å²) in [6.45, 7) is 1.65. The van der Waals surface area contributed by atoms with Gasteiger partial charge in [0.25, 0.3) is 5.56 Å². The Morgan fingerprint density at radius 1 is 1.50 bits per heavy atom. The van der Waals surface area contributed by atoms with Crippen molar-refractivity contribution in [1.82, 2.24) is 9.55 Å². The molecule has 0 radical (unpaired) electrons. The highest BCUT2D eigenvalue weighted by molar-refractivity contribution is 14.1. The first-order valence-electron chi connectivity index (χ1n) is 4.60. The Morgan fingerprint density at radius 2 is 2.12 bits per heavy atom. The van der Waals surface area contributed by atoms with E-state index < -0.39 is 12.6 Å². The molecule has 0 unspecified atom stereocenters. The Morgan fingerprint density at radius 3 is 2.69 bits per heavy atom. The summed E-state index contributed by atoms with van der Waals surface area (Å²) in [5.41, 5.74) is -0.282. The van der Waals surface area contributed by atoms with Gasteiger partial charge >= 0.3 is 6.18 Å². The molecule has 0 fully saturated rings. The van der Waals surface area contributed by atoms with Gasteiger partial charge < -0.3 is 0 Å². The highest BCUT2D eigenvalue weighted by Gasteiger charge is 2.26. The lowest BCUT2D eigenvalue weighted by atomic mass is 10.3. The summed E-state index contributed by atoms with van der Waals surface area (Å²) in [6.07, 6.45) is -3.75. The van der Waals surface area contributed by atoms with Gasteiger partial charge in [0.05, 0.1) is 3.57 Å². The van der Waals surface area contributed by atoms with Gasteiger partial charge in [-0.1, -0.05) is 0 Å². The second-order valence-electron chi connectivity index (χ2n) is 3.33. The van der Waals surface area contributed by atoms with Crippen LogP contribution in [0.1, 0.15) is 18.7 Å². The van der Waals surface area contributed by atoms with Crippen LogP contribution in [0.2, 0.25) is 0 Å². The summed E-state index contributed by atoms with van der Waals surface area (Å²) < 4.78 is 37.5. The standard InChI is InChI=1S/C9H10F3IN2O/c1-6-14-5-7(13)8(16)15(6)4-2-3-9(10,11)12/h5H,2-4H2,1H3. The maximum atomic E-state index is 11.9. The van der Waals surface area contributed by atoms with Crippen LogP contribution in [0.25, 0.3) is 0 Å². The Balaban J connectivity index is 2.75. The van der Waals surface area contributed by atoms with E-state index in [-0.39, 0.29) is 18.5 Å². The zero-order valence-corrected chi connectivity index (χ0v) is 10.7. The van der Waals surface area contributed by atoms with Gasteiger partial charge in [0, 0.05) is 19.2 Å². The Kier molecular flexibility index (Phi) is 4.34. The third-order valence-corrected chi connectivity index (χ3v) is 2.79. The number of alkyl halides is 3. The van der Waals surface area contributed by atoms with Crippen LogP contribution in [0, 0.1) is 10.5 Å². The third kappa shape index (κ3) is 3.76. The highest BCUT2D eigenvalue weighted by Crippen LogP contribution is 2.21. The molecule has 0 saturated carbocycles. The van der Waals surface area contributed by atoms with Gasteiger partial charge in [0.15, 0.2) is 0 Å². The van der Waals surface area contributed by atoms with E-state index in [4.69, 9.17) is 0 Å². The van der Waals surface area contributed by atoms with Crippen molar-refractivity contribution in [3.63, 3.8) is 0 Å². The van der Waals surface area contributed by atoms with Crippen molar-refractivity contribution in [2.75, 3.05) is 0 Å². The lowest BCUT2D eigenvalue weighted by Gasteiger charge is -2.10. The Hall–Kier alpha value is -0.600. The van der Waals surface area contributed by atoms with Gasteiger partial charge in [-0.3, -0.25) is 9.36 Å². The minimum atomic E-state index is -4.17. The normalized spacial score (nSPS) is 11.8. The molecule has 0 aromatic carbocycles. The second-order valence-corrected chi connectivity index (χ2v) is 4.49. The van der Waals surface area contributed by atoms with Crippen molar-refractivity contribution in [1.29, 1.82) is 0 Å². The predicted molar refractivity (Wildman–Crippen MR) is 61.2 cm³/mol. The van der Waals surface area contributed by atoms with Crippen molar-refractivity contribution in [3.05, 3.63) is 25.9 Å². The molecule has 7 heteroatoms. The van der Waals surface area contributed by atoms with Crippen LogP contribution in [-0.2, 0) is 6.54 Å². The fourth-order valence-electron chi connectivity index (χ4n) is 1.25. The number of rotatable bonds is 3. The molecule has 0 aliphatic rings. The lowest BCUT2D eigenvalue weighted by molar-refractivity contribution is -0.135. The number of hydrogen-bond acceptors (Lipinski definition) is 2. The zero-order chi connectivity index (χ0) is 12.3. The molecule has 1 aromatic rings. The molecule has 0 amide bonds. The van der Waals surface area contributed by atoms with Crippen LogP contribution in [0.15, 0.2) is 11.0 Å². The molecule has 0 bridgehead atoms. The molecule has 3 nitrogen and oxygen atoms in total. The molecule has 0 aliphatic carbocycles. The van der Waals surface area contributed by atoms with Gasteiger partial charge in [0.1, 0.15) is 5.82 Å². The van der Waals surface area contributed by atoms with Crippen LogP contribution < -0.4 is 5.56 Å². The number of hydrogen-bond donors (Lipinski definition) is 0. The molecule has 0 spiro atoms. The van der Waals surface area contributed by atoms with Crippen LogP contribution in [0.4, 0.5) is 13.2 Å². The number of aryl methyl sites for hydroxylation is 1. The van der Waals surface area contributed by atoms with E-state index in [0.717, 1.165) is 0 Å². The minimum Gasteiger partial charge on any atom is -0.296 e. The third-order valence-electron chi connectivity index (χ3n) is 2.05. The van der Waals surface area contributed by atoms with Crippen molar-refractivity contribution in [2.24, 2.45) is 0 Å². The van der Waals surface area contributed by atoms with Crippen molar-refractivity contribution in [3.8, 4) is 0 Å². The van der Waals surface area contributed by atoms with Crippen LogP contribution >= 0.6 is 22.6 Å². The van der Waals surface area contributed by atoms with E-state index in [1.54, 1.807) is 6.92 Å². The van der Waals surface area contributed by atoms with E-state index in [9.17, 15) is 18.0 Å². The molecular weight excluding hydrogens is 336 g/mol. The molecule has 16 heavy (non-hydrogen) atoms. The molecule has 0 saturated heterocycles. The highest BCUT2D eigenvalue weighted by atomic mass is 127.